The van der Waals surface area contributed by atoms with Crippen molar-refractivity contribution in [3.63, 3.8) is 0 Å². The van der Waals surface area contributed by atoms with Crippen molar-refractivity contribution >= 4 is 70.8 Å². The molecule has 1 atom stereocenters. The predicted octanol–water partition coefficient (Wildman–Crippen LogP) is 0.399. The zero-order valence-corrected chi connectivity index (χ0v) is 17.5. The summed E-state index contributed by atoms with van der Waals surface area (Å²) < 4.78 is 6.15. The van der Waals surface area contributed by atoms with E-state index in [-0.39, 0.29) is 18.9 Å². The zero-order chi connectivity index (χ0) is 22.0. The molecule has 3 aromatic rings. The maximum atomic E-state index is 6.16. The molecule has 3 heterocycles. The summed E-state index contributed by atoms with van der Waals surface area (Å²) in [6, 6.07) is 16.4. The van der Waals surface area contributed by atoms with Crippen molar-refractivity contribution < 1.29 is 4.74 Å². The number of H-pyrrole nitrogens is 2. The van der Waals surface area contributed by atoms with Crippen LogP contribution in [0, 0.1) is 0 Å². The van der Waals surface area contributed by atoms with Gasteiger partial charge in [0.05, 0.1) is 19.1 Å². The first-order valence-corrected chi connectivity index (χ1v) is 10.7. The highest BCUT2D eigenvalue weighted by Crippen LogP contribution is 2.40. The first kappa shape index (κ1) is 22.4. The molecule has 0 amide bonds. The summed E-state index contributed by atoms with van der Waals surface area (Å²) in [4.78, 5) is 6.67. The predicted molar refractivity (Wildman–Crippen MR) is 141 cm³/mol. The van der Waals surface area contributed by atoms with Crippen LogP contribution >= 0.6 is 0 Å². The van der Waals surface area contributed by atoms with Gasteiger partial charge in [-0.2, -0.15) is 0 Å². The molecule has 10 radical (unpaired) electrons. The van der Waals surface area contributed by atoms with Crippen molar-refractivity contribution in [1.29, 1.82) is 0 Å². The highest BCUT2D eigenvalue weighted by atomic mass is 16.5. The molecular formula is C18H18B10N2O. The SMILES string of the molecule is [B]B([B])B([B])B(B([B])[B])B1CC1COc1cccc(C(c2ccc[nH]2)c2ccc[nH]2)c1. The van der Waals surface area contributed by atoms with E-state index in [4.69, 9.17) is 43.4 Å². The van der Waals surface area contributed by atoms with Gasteiger partial charge in [0.15, 0.2) is 0 Å². The average Bonchev–Trinajstić information content (AvgIpc) is 3.14. The van der Waals surface area contributed by atoms with E-state index in [9.17, 15) is 0 Å². The van der Waals surface area contributed by atoms with Crippen molar-refractivity contribution in [3.8, 4) is 5.75 Å². The Balaban J connectivity index is 1.44. The van der Waals surface area contributed by atoms with Crippen molar-refractivity contribution in [2.75, 3.05) is 6.61 Å². The zero-order valence-electron chi connectivity index (χ0n) is 17.5. The van der Waals surface area contributed by atoms with Crippen molar-refractivity contribution in [2.45, 2.75) is 18.1 Å². The summed E-state index contributed by atoms with van der Waals surface area (Å²) in [6.45, 7) is 0.859. The number of aromatic nitrogens is 2. The Morgan fingerprint density at radius 3 is 2.16 bits per heavy atom. The Labute approximate surface area is 193 Å². The van der Waals surface area contributed by atoms with Gasteiger partial charge in [0, 0.05) is 88.0 Å². The second kappa shape index (κ2) is 9.79. The number of hydrogen-bond donors (Lipinski definition) is 2. The number of benzene rings is 1. The van der Waals surface area contributed by atoms with Crippen LogP contribution < -0.4 is 4.74 Å². The molecule has 4 rings (SSSR count). The molecule has 0 spiro atoms. The first-order chi connectivity index (χ1) is 15.0. The van der Waals surface area contributed by atoms with E-state index in [0.29, 0.717) is 12.4 Å². The lowest BCUT2D eigenvalue weighted by Gasteiger charge is -2.25. The fourth-order valence-corrected chi connectivity index (χ4v) is 4.58. The minimum atomic E-state index is -0.642. The third kappa shape index (κ3) is 5.18. The van der Waals surface area contributed by atoms with E-state index in [1.165, 1.54) is 0 Å². The van der Waals surface area contributed by atoms with Crippen LogP contribution in [-0.2, 0) is 0 Å². The topological polar surface area (TPSA) is 40.8 Å². The molecule has 2 N–H and O–H groups in total. The van der Waals surface area contributed by atoms with Gasteiger partial charge in [0.2, 0.25) is 0 Å². The minimum Gasteiger partial charge on any atom is -0.494 e. The van der Waals surface area contributed by atoms with Crippen LogP contribution in [0.4, 0.5) is 0 Å². The molecule has 1 fully saturated rings. The lowest BCUT2D eigenvalue weighted by molar-refractivity contribution is 0.326. The summed E-state index contributed by atoms with van der Waals surface area (Å²) >= 11 is 0. The molecule has 1 unspecified atom stereocenters. The maximum Gasteiger partial charge on any atom is 0.119 e. The van der Waals surface area contributed by atoms with Crippen LogP contribution in [0.25, 0.3) is 0 Å². The fourth-order valence-electron chi connectivity index (χ4n) is 4.58. The summed E-state index contributed by atoms with van der Waals surface area (Å²) in [7, 11) is 29.7. The smallest absolute Gasteiger partial charge is 0.119 e. The standard InChI is InChI=1S/C18H18B10N2O/c19-25(20)27(23)28(26(21)22)24-11-14(24)12-31-15-5-1-4-13(10-15)18(16-6-2-8-29-16)17-7-3-9-30-17/h1-10,14,18,29-30H,11-12H2. The number of aromatic amines is 2. The van der Waals surface area contributed by atoms with Gasteiger partial charge < -0.3 is 14.7 Å². The summed E-state index contributed by atoms with van der Waals surface area (Å²) in [5, 5.41) is 0. The van der Waals surface area contributed by atoms with Crippen LogP contribution in [0.1, 0.15) is 22.9 Å². The maximum absolute atomic E-state index is 6.16. The van der Waals surface area contributed by atoms with Gasteiger partial charge in [-0.05, 0) is 47.8 Å². The highest BCUT2D eigenvalue weighted by molar-refractivity contribution is 8.01. The van der Waals surface area contributed by atoms with Crippen LogP contribution in [-0.4, -0.2) is 87.4 Å². The molecule has 0 bridgehead atoms. The van der Waals surface area contributed by atoms with E-state index in [1.807, 2.05) is 36.7 Å². The van der Waals surface area contributed by atoms with E-state index in [0.717, 1.165) is 29.0 Å². The van der Waals surface area contributed by atoms with Crippen LogP contribution in [0.2, 0.25) is 12.1 Å². The molecule has 2 aromatic heterocycles. The number of nitrogens with one attached hydrogen (secondary N) is 2. The quantitative estimate of drug-likeness (QED) is 0.487. The lowest BCUT2D eigenvalue weighted by Crippen LogP contribution is -2.63. The summed E-state index contributed by atoms with van der Waals surface area (Å²) in [5.74, 6) is 1.25. The van der Waals surface area contributed by atoms with Crippen molar-refractivity contribution in [1.82, 2.24) is 9.97 Å². The molecule has 31 heavy (non-hydrogen) atoms. The van der Waals surface area contributed by atoms with Crippen molar-refractivity contribution in [2.24, 2.45) is 0 Å². The van der Waals surface area contributed by atoms with Gasteiger partial charge >= 0.3 is 0 Å². The van der Waals surface area contributed by atoms with Gasteiger partial charge in [0.1, 0.15) is 5.75 Å². The Bertz CT molecular complexity index is 918. The number of hydrogen-bond acceptors (Lipinski definition) is 1. The molecule has 3 nitrogen and oxygen atoms in total. The average molecular weight is 386 g/mol. The second-order valence-electron chi connectivity index (χ2n) is 8.54. The molecule has 136 valence electrons. The van der Waals surface area contributed by atoms with Gasteiger partial charge in [-0.3, -0.25) is 0 Å². The van der Waals surface area contributed by atoms with Gasteiger partial charge in [-0.1, -0.05) is 18.5 Å². The Hall–Kier alpha value is -1.77. The van der Waals surface area contributed by atoms with Gasteiger partial charge in [0.25, 0.3) is 0 Å². The van der Waals surface area contributed by atoms with Crippen LogP contribution in [0.5, 0.6) is 5.75 Å². The van der Waals surface area contributed by atoms with Gasteiger partial charge in [-0.25, -0.2) is 0 Å². The molecule has 1 saturated heterocycles. The van der Waals surface area contributed by atoms with E-state index < -0.39 is 19.2 Å². The number of ether oxygens (including phenoxy) is 1. The Morgan fingerprint density at radius 1 is 0.935 bits per heavy atom. The Morgan fingerprint density at radius 2 is 1.61 bits per heavy atom. The highest BCUT2D eigenvalue weighted by Gasteiger charge is 2.50. The van der Waals surface area contributed by atoms with Crippen LogP contribution in [0.15, 0.2) is 60.9 Å². The second-order valence-corrected chi connectivity index (χ2v) is 8.54. The van der Waals surface area contributed by atoms with E-state index in [1.54, 1.807) is 0 Å². The molecule has 1 aliphatic heterocycles. The Kier molecular flexibility index (Phi) is 7.08. The largest absolute Gasteiger partial charge is 0.494 e. The van der Waals surface area contributed by atoms with Crippen molar-refractivity contribution in [3.05, 3.63) is 77.9 Å². The minimum absolute atomic E-state index is 0.0749. The van der Waals surface area contributed by atoms with Crippen LogP contribution in [0.3, 0.4) is 0 Å². The molecule has 0 aliphatic carbocycles. The van der Waals surface area contributed by atoms with E-state index in [2.05, 4.69) is 34.2 Å². The molecule has 1 aromatic carbocycles. The number of rotatable bonds is 10. The lowest BCUT2D eigenvalue weighted by atomic mass is 8.57. The molecular weight excluding hydrogens is 368 g/mol. The molecule has 13 heteroatoms. The van der Waals surface area contributed by atoms with E-state index >= 15 is 0 Å². The third-order valence-corrected chi connectivity index (χ3v) is 6.33. The third-order valence-electron chi connectivity index (χ3n) is 6.33. The fraction of sp³-hybridized carbons (Fsp3) is 0.222. The van der Waals surface area contributed by atoms with Gasteiger partial charge in [-0.15, -0.1) is 0 Å². The molecule has 0 saturated carbocycles. The normalized spacial score (nSPS) is 15.0. The summed E-state index contributed by atoms with van der Waals surface area (Å²) in [6.07, 6.45) is 3.10. The summed E-state index contributed by atoms with van der Waals surface area (Å²) in [5.41, 5.74) is 3.38. The monoisotopic (exact) mass is 388 g/mol. The molecule has 1 aliphatic rings. The first-order valence-electron chi connectivity index (χ1n) is 10.7.